The maximum Gasteiger partial charge on any atom is 0.325 e. The molecule has 9 heteroatoms. The summed E-state index contributed by atoms with van der Waals surface area (Å²) < 4.78 is 16.2. The highest BCUT2D eigenvalue weighted by atomic mass is 32.1. The fourth-order valence-electron chi connectivity index (χ4n) is 3.38. The predicted octanol–water partition coefficient (Wildman–Crippen LogP) is 5.18. The van der Waals surface area contributed by atoms with Crippen molar-refractivity contribution in [3.8, 4) is 33.8 Å². The summed E-state index contributed by atoms with van der Waals surface area (Å²) >= 11 is 1.49. The number of ketones is 1. The van der Waals surface area contributed by atoms with E-state index in [0.717, 1.165) is 4.88 Å². The van der Waals surface area contributed by atoms with Gasteiger partial charge in [0.05, 0.1) is 23.4 Å². The number of hydrogen-bond donors (Lipinski definition) is 1. The summed E-state index contributed by atoms with van der Waals surface area (Å²) in [6.07, 6.45) is 1.52. The molecule has 3 heterocycles. The van der Waals surface area contributed by atoms with E-state index in [2.05, 4.69) is 16.4 Å². The Bertz CT molecular complexity index is 1360. The molecular formula is C26H21N3O5S. The Labute approximate surface area is 205 Å². The van der Waals surface area contributed by atoms with Gasteiger partial charge in [0.15, 0.2) is 6.61 Å². The van der Waals surface area contributed by atoms with E-state index in [0.29, 0.717) is 28.3 Å². The molecule has 0 amide bonds. The van der Waals surface area contributed by atoms with E-state index in [1.807, 2.05) is 17.5 Å². The van der Waals surface area contributed by atoms with Crippen LogP contribution in [0.25, 0.3) is 21.9 Å². The summed E-state index contributed by atoms with van der Waals surface area (Å²) in [6.45, 7) is 1.56. The first-order valence-electron chi connectivity index (χ1n) is 10.8. The van der Waals surface area contributed by atoms with Crippen molar-refractivity contribution in [2.45, 2.75) is 6.92 Å². The average Bonchev–Trinajstić information content (AvgIpc) is 3.61. The van der Waals surface area contributed by atoms with Crippen LogP contribution in [0.3, 0.4) is 0 Å². The minimum Gasteiger partial charge on any atom is -0.468 e. The first kappa shape index (κ1) is 23.7. The molecule has 0 fully saturated rings. The number of ether oxygens (including phenoxy) is 2. The molecule has 35 heavy (non-hydrogen) atoms. The molecular weight excluding hydrogens is 466 g/mol. The van der Waals surface area contributed by atoms with Gasteiger partial charge in [0.1, 0.15) is 23.9 Å². The zero-order valence-electron chi connectivity index (χ0n) is 18.8. The number of Topliss-reactive ketones (excluding diaryl/α,β-unsaturated/α-hetero) is 1. The number of carbonyl (C=O) groups excluding carboxylic acids is 2. The predicted molar refractivity (Wildman–Crippen MR) is 131 cm³/mol. The van der Waals surface area contributed by atoms with Gasteiger partial charge < -0.3 is 19.2 Å². The van der Waals surface area contributed by atoms with Gasteiger partial charge in [0.2, 0.25) is 11.7 Å². The Hall–Kier alpha value is -4.42. The van der Waals surface area contributed by atoms with Crippen LogP contribution in [0.5, 0.6) is 5.88 Å². The van der Waals surface area contributed by atoms with Gasteiger partial charge in [0.25, 0.3) is 0 Å². The van der Waals surface area contributed by atoms with E-state index in [9.17, 15) is 14.9 Å². The van der Waals surface area contributed by atoms with Crippen molar-refractivity contribution in [3.63, 3.8) is 0 Å². The first-order valence-corrected chi connectivity index (χ1v) is 11.7. The Morgan fingerprint density at radius 3 is 2.74 bits per heavy atom. The lowest BCUT2D eigenvalue weighted by molar-refractivity contribution is -0.140. The molecule has 0 radical (unpaired) electrons. The number of thiophene rings is 1. The molecule has 1 aromatic carbocycles. The molecule has 0 saturated carbocycles. The van der Waals surface area contributed by atoms with Crippen LogP contribution in [0.2, 0.25) is 0 Å². The normalized spacial score (nSPS) is 10.4. The molecule has 1 N–H and O–H groups in total. The van der Waals surface area contributed by atoms with Crippen LogP contribution >= 0.6 is 11.3 Å². The molecule has 8 nitrogen and oxygen atoms in total. The van der Waals surface area contributed by atoms with Gasteiger partial charge in [0, 0.05) is 16.8 Å². The highest BCUT2D eigenvalue weighted by Gasteiger charge is 2.20. The second-order valence-corrected chi connectivity index (χ2v) is 8.17. The SMILES string of the molecule is CCOC(=O)CNc1ccccc1C(=O)COc1nc(-c2cccs2)cc(-c2ccco2)c1C#N. The van der Waals surface area contributed by atoms with Crippen molar-refractivity contribution in [1.29, 1.82) is 5.26 Å². The van der Waals surface area contributed by atoms with Crippen LogP contribution in [0.15, 0.2) is 70.7 Å². The van der Waals surface area contributed by atoms with Crippen LogP contribution in [-0.4, -0.2) is 36.5 Å². The molecule has 0 spiro atoms. The fourth-order valence-corrected chi connectivity index (χ4v) is 4.07. The molecule has 0 aliphatic carbocycles. The van der Waals surface area contributed by atoms with E-state index >= 15 is 0 Å². The van der Waals surface area contributed by atoms with Gasteiger partial charge in [-0.05, 0) is 48.7 Å². The van der Waals surface area contributed by atoms with Crippen LogP contribution in [0, 0.1) is 11.3 Å². The lowest BCUT2D eigenvalue weighted by Crippen LogP contribution is -2.20. The maximum atomic E-state index is 13.0. The second-order valence-electron chi connectivity index (χ2n) is 7.22. The van der Waals surface area contributed by atoms with E-state index in [-0.39, 0.29) is 37.0 Å². The molecule has 0 saturated heterocycles. The van der Waals surface area contributed by atoms with Gasteiger partial charge in [-0.25, -0.2) is 4.98 Å². The van der Waals surface area contributed by atoms with Gasteiger partial charge in [-0.1, -0.05) is 18.2 Å². The number of para-hydroxylation sites is 1. The molecule has 0 aliphatic heterocycles. The Morgan fingerprint density at radius 2 is 2.03 bits per heavy atom. The minimum absolute atomic E-state index is 0.0371. The average molecular weight is 488 g/mol. The highest BCUT2D eigenvalue weighted by Crippen LogP contribution is 2.35. The molecule has 0 unspecified atom stereocenters. The number of benzene rings is 1. The van der Waals surface area contributed by atoms with Crippen LogP contribution < -0.4 is 10.1 Å². The number of hydrogen-bond acceptors (Lipinski definition) is 9. The van der Waals surface area contributed by atoms with Crippen molar-refractivity contribution in [1.82, 2.24) is 4.98 Å². The van der Waals surface area contributed by atoms with Gasteiger partial charge in [-0.15, -0.1) is 11.3 Å². The van der Waals surface area contributed by atoms with Crippen LogP contribution in [0.1, 0.15) is 22.8 Å². The summed E-state index contributed by atoms with van der Waals surface area (Å²) in [5, 5.41) is 14.7. The fraction of sp³-hybridized carbons (Fsp3) is 0.154. The molecule has 4 aromatic rings. The summed E-state index contributed by atoms with van der Waals surface area (Å²) in [6, 6.07) is 18.0. The molecule has 4 rings (SSSR count). The van der Waals surface area contributed by atoms with Crippen molar-refractivity contribution in [3.05, 3.63) is 77.4 Å². The Kier molecular flexibility index (Phi) is 7.55. The third kappa shape index (κ3) is 5.57. The van der Waals surface area contributed by atoms with Crippen molar-refractivity contribution < 1.29 is 23.5 Å². The van der Waals surface area contributed by atoms with Crippen LogP contribution in [0.4, 0.5) is 5.69 Å². The van der Waals surface area contributed by atoms with Crippen LogP contribution in [-0.2, 0) is 9.53 Å². The highest BCUT2D eigenvalue weighted by molar-refractivity contribution is 7.13. The number of furan rings is 1. The lowest BCUT2D eigenvalue weighted by Gasteiger charge is -2.13. The topological polar surface area (TPSA) is 114 Å². The number of esters is 1. The number of carbonyl (C=O) groups is 2. The third-order valence-corrected chi connectivity index (χ3v) is 5.85. The summed E-state index contributed by atoms with van der Waals surface area (Å²) in [5.74, 6) is -0.241. The number of nitrogens with zero attached hydrogens (tertiary/aromatic N) is 2. The number of nitriles is 1. The van der Waals surface area contributed by atoms with E-state index in [1.54, 1.807) is 49.4 Å². The molecule has 0 aliphatic rings. The summed E-state index contributed by atoms with van der Waals surface area (Å²) in [7, 11) is 0. The number of pyridine rings is 1. The molecule has 0 atom stereocenters. The zero-order valence-corrected chi connectivity index (χ0v) is 19.6. The number of aromatic nitrogens is 1. The maximum absolute atomic E-state index is 13.0. The molecule has 3 aromatic heterocycles. The largest absolute Gasteiger partial charge is 0.468 e. The monoisotopic (exact) mass is 487 g/mol. The van der Waals surface area contributed by atoms with Crippen molar-refractivity contribution >= 4 is 28.8 Å². The van der Waals surface area contributed by atoms with Crippen molar-refractivity contribution in [2.75, 3.05) is 25.1 Å². The number of rotatable bonds is 10. The quantitative estimate of drug-likeness (QED) is 0.240. The molecule has 176 valence electrons. The van der Waals surface area contributed by atoms with Crippen molar-refractivity contribution in [2.24, 2.45) is 0 Å². The Morgan fingerprint density at radius 1 is 1.17 bits per heavy atom. The Balaban J connectivity index is 1.60. The number of anilines is 1. The molecule has 0 bridgehead atoms. The standard InChI is InChI=1S/C26H21N3O5S/c1-2-32-25(31)15-28-20-8-4-3-7-17(20)22(30)16-34-26-19(14-27)18(23-9-5-11-33-23)13-21(29-26)24-10-6-12-35-24/h3-13,28H,2,15-16H2,1H3. The first-order chi connectivity index (χ1) is 17.1. The van der Waals surface area contributed by atoms with E-state index in [1.165, 1.54) is 17.6 Å². The zero-order chi connectivity index (χ0) is 24.6. The van der Waals surface area contributed by atoms with Gasteiger partial charge in [-0.3, -0.25) is 9.59 Å². The second kappa shape index (κ2) is 11.1. The van der Waals surface area contributed by atoms with Gasteiger partial charge in [-0.2, -0.15) is 5.26 Å². The minimum atomic E-state index is -0.426. The number of nitrogens with one attached hydrogen (secondary N) is 1. The summed E-state index contributed by atoms with van der Waals surface area (Å²) in [5.41, 5.74) is 2.11. The third-order valence-electron chi connectivity index (χ3n) is 4.95. The lowest BCUT2D eigenvalue weighted by atomic mass is 10.1. The van der Waals surface area contributed by atoms with E-state index < -0.39 is 5.97 Å². The smallest absolute Gasteiger partial charge is 0.325 e. The summed E-state index contributed by atoms with van der Waals surface area (Å²) in [4.78, 5) is 30.1. The van der Waals surface area contributed by atoms with E-state index in [4.69, 9.17) is 13.9 Å². The van der Waals surface area contributed by atoms with Gasteiger partial charge >= 0.3 is 5.97 Å².